The van der Waals surface area contributed by atoms with Crippen LogP contribution < -0.4 is 5.73 Å². The molecule has 4 heteroatoms. The van der Waals surface area contributed by atoms with E-state index in [4.69, 9.17) is 5.73 Å². The number of hydrogen-bond acceptors (Lipinski definition) is 4. The summed E-state index contributed by atoms with van der Waals surface area (Å²) in [4.78, 5) is 0.627. The van der Waals surface area contributed by atoms with Crippen molar-refractivity contribution in [2.24, 2.45) is 5.73 Å². The summed E-state index contributed by atoms with van der Waals surface area (Å²) in [5.74, 6) is 0.104. The molecule has 0 fully saturated rings. The highest BCUT2D eigenvalue weighted by Crippen LogP contribution is 2.26. The average Bonchev–Trinajstić information content (AvgIpc) is 2.08. The summed E-state index contributed by atoms with van der Waals surface area (Å²) in [6.45, 7) is 1.70. The molecule has 0 saturated heterocycles. The van der Waals surface area contributed by atoms with Crippen molar-refractivity contribution in [1.82, 2.24) is 0 Å². The third-order valence-electron chi connectivity index (χ3n) is 1.83. The summed E-state index contributed by atoms with van der Waals surface area (Å²) >= 11 is 4.15. The van der Waals surface area contributed by atoms with Crippen LogP contribution in [-0.2, 0) is 0 Å². The van der Waals surface area contributed by atoms with Gasteiger partial charge in [0.05, 0.1) is 6.10 Å². The van der Waals surface area contributed by atoms with Crippen LogP contribution in [0.5, 0.6) is 5.75 Å². The maximum Gasteiger partial charge on any atom is 0.116 e. The molecule has 72 valence electrons. The van der Waals surface area contributed by atoms with Crippen LogP contribution in [0.3, 0.4) is 0 Å². The normalized spacial score (nSPS) is 15.4. The summed E-state index contributed by atoms with van der Waals surface area (Å²) in [5, 5.41) is 18.8. The molecule has 0 aliphatic carbocycles. The van der Waals surface area contributed by atoms with Gasteiger partial charge in [0.25, 0.3) is 0 Å². The van der Waals surface area contributed by atoms with Crippen LogP contribution in [0.25, 0.3) is 0 Å². The molecule has 0 bridgehead atoms. The summed E-state index contributed by atoms with van der Waals surface area (Å²) < 4.78 is 0. The molecule has 13 heavy (non-hydrogen) atoms. The zero-order valence-electron chi connectivity index (χ0n) is 7.31. The van der Waals surface area contributed by atoms with Gasteiger partial charge in [-0.15, -0.1) is 12.6 Å². The van der Waals surface area contributed by atoms with E-state index in [1.54, 1.807) is 13.0 Å². The van der Waals surface area contributed by atoms with Gasteiger partial charge in [0.2, 0.25) is 0 Å². The number of hydrogen-bond donors (Lipinski definition) is 4. The molecular weight excluding hydrogens is 186 g/mol. The molecule has 2 atom stereocenters. The van der Waals surface area contributed by atoms with Gasteiger partial charge >= 0.3 is 0 Å². The quantitative estimate of drug-likeness (QED) is 0.538. The standard InChI is InChI=1S/C9H13NO2S/c1-5(10)9(12)7-4-6(11)2-3-8(7)13/h2-5,9,11-13H,10H2,1H3. The van der Waals surface area contributed by atoms with Crippen LogP contribution in [0.4, 0.5) is 0 Å². The van der Waals surface area contributed by atoms with Crippen LogP contribution in [0.15, 0.2) is 23.1 Å². The molecule has 0 spiro atoms. The van der Waals surface area contributed by atoms with Crippen LogP contribution in [0.1, 0.15) is 18.6 Å². The van der Waals surface area contributed by atoms with Crippen LogP contribution in [0, 0.1) is 0 Å². The Morgan fingerprint density at radius 3 is 2.62 bits per heavy atom. The minimum atomic E-state index is -0.792. The van der Waals surface area contributed by atoms with Gasteiger partial charge in [-0.1, -0.05) is 0 Å². The molecule has 3 nitrogen and oxygen atoms in total. The van der Waals surface area contributed by atoms with Gasteiger partial charge in [0, 0.05) is 10.9 Å². The van der Waals surface area contributed by atoms with E-state index in [0.29, 0.717) is 10.5 Å². The zero-order chi connectivity index (χ0) is 10.0. The monoisotopic (exact) mass is 199 g/mol. The fourth-order valence-electron chi connectivity index (χ4n) is 1.06. The van der Waals surface area contributed by atoms with E-state index in [1.165, 1.54) is 12.1 Å². The Morgan fingerprint density at radius 1 is 1.46 bits per heavy atom. The maximum absolute atomic E-state index is 9.62. The van der Waals surface area contributed by atoms with Crippen molar-refractivity contribution < 1.29 is 10.2 Å². The van der Waals surface area contributed by atoms with Crippen LogP contribution >= 0.6 is 12.6 Å². The highest BCUT2D eigenvalue weighted by Gasteiger charge is 2.15. The van der Waals surface area contributed by atoms with Gasteiger partial charge in [-0.05, 0) is 30.7 Å². The Bertz CT molecular complexity index is 302. The number of phenolic OH excluding ortho intramolecular Hbond substituents is 1. The Hall–Kier alpha value is -0.710. The number of aliphatic hydroxyl groups excluding tert-OH is 1. The number of thiol groups is 1. The number of benzene rings is 1. The number of aliphatic hydroxyl groups is 1. The Morgan fingerprint density at radius 2 is 2.08 bits per heavy atom. The smallest absolute Gasteiger partial charge is 0.116 e. The highest BCUT2D eigenvalue weighted by molar-refractivity contribution is 7.80. The lowest BCUT2D eigenvalue weighted by Gasteiger charge is -2.16. The first-order valence-electron chi connectivity index (χ1n) is 3.98. The van der Waals surface area contributed by atoms with Gasteiger partial charge in [0.1, 0.15) is 5.75 Å². The molecular formula is C9H13NO2S. The zero-order valence-corrected chi connectivity index (χ0v) is 8.20. The van der Waals surface area contributed by atoms with E-state index in [1.807, 2.05) is 0 Å². The molecule has 1 rings (SSSR count). The van der Waals surface area contributed by atoms with Crippen LogP contribution in [0.2, 0.25) is 0 Å². The molecule has 0 aliphatic rings. The molecule has 2 unspecified atom stereocenters. The molecule has 0 heterocycles. The second-order valence-electron chi connectivity index (χ2n) is 3.05. The number of aromatic hydroxyl groups is 1. The summed E-state index contributed by atoms with van der Waals surface area (Å²) in [7, 11) is 0. The first kappa shape index (κ1) is 10.4. The molecule has 1 aromatic rings. The van der Waals surface area contributed by atoms with E-state index in [9.17, 15) is 10.2 Å². The first-order valence-corrected chi connectivity index (χ1v) is 4.42. The lowest BCUT2D eigenvalue weighted by Crippen LogP contribution is -2.24. The van der Waals surface area contributed by atoms with Gasteiger partial charge in [-0.3, -0.25) is 0 Å². The van der Waals surface area contributed by atoms with Crippen LogP contribution in [-0.4, -0.2) is 16.3 Å². The van der Waals surface area contributed by atoms with Crippen molar-refractivity contribution >= 4 is 12.6 Å². The van der Waals surface area contributed by atoms with E-state index in [2.05, 4.69) is 12.6 Å². The fraction of sp³-hybridized carbons (Fsp3) is 0.333. The lowest BCUT2D eigenvalue weighted by molar-refractivity contribution is 0.150. The number of phenols is 1. The predicted molar refractivity (Wildman–Crippen MR) is 54.0 cm³/mol. The van der Waals surface area contributed by atoms with E-state index >= 15 is 0 Å². The summed E-state index contributed by atoms with van der Waals surface area (Å²) in [5.41, 5.74) is 6.08. The van der Waals surface area contributed by atoms with Crippen molar-refractivity contribution in [3.63, 3.8) is 0 Å². The van der Waals surface area contributed by atoms with Crippen molar-refractivity contribution in [1.29, 1.82) is 0 Å². The maximum atomic E-state index is 9.62. The minimum absolute atomic E-state index is 0.104. The van der Waals surface area contributed by atoms with E-state index in [-0.39, 0.29) is 11.8 Å². The molecule has 1 aromatic carbocycles. The van der Waals surface area contributed by atoms with Crippen molar-refractivity contribution in [3.8, 4) is 5.75 Å². The molecule has 0 radical (unpaired) electrons. The number of nitrogens with two attached hydrogens (primary N) is 1. The third kappa shape index (κ3) is 2.37. The molecule has 0 aliphatic heterocycles. The average molecular weight is 199 g/mol. The SMILES string of the molecule is CC(N)C(O)c1cc(O)ccc1S. The third-order valence-corrected chi connectivity index (χ3v) is 2.24. The molecule has 4 N–H and O–H groups in total. The summed E-state index contributed by atoms with van der Waals surface area (Å²) in [6.07, 6.45) is -0.792. The fourth-order valence-corrected chi connectivity index (χ4v) is 1.33. The Labute approximate surface area is 82.6 Å². The van der Waals surface area contributed by atoms with Crippen molar-refractivity contribution in [2.45, 2.75) is 24.0 Å². The van der Waals surface area contributed by atoms with E-state index in [0.717, 1.165) is 0 Å². The molecule has 0 aromatic heterocycles. The lowest BCUT2D eigenvalue weighted by atomic mass is 10.0. The van der Waals surface area contributed by atoms with Crippen molar-refractivity contribution in [2.75, 3.05) is 0 Å². The molecule has 0 saturated carbocycles. The van der Waals surface area contributed by atoms with E-state index < -0.39 is 6.10 Å². The Kier molecular flexibility index (Phi) is 3.19. The Balaban J connectivity index is 3.05. The predicted octanol–water partition coefficient (Wildman–Crippen LogP) is 1.06. The van der Waals surface area contributed by atoms with Gasteiger partial charge < -0.3 is 15.9 Å². The largest absolute Gasteiger partial charge is 0.508 e. The highest BCUT2D eigenvalue weighted by atomic mass is 32.1. The van der Waals surface area contributed by atoms with Gasteiger partial charge in [-0.2, -0.15) is 0 Å². The molecule has 0 amide bonds. The second-order valence-corrected chi connectivity index (χ2v) is 3.53. The second kappa shape index (κ2) is 4.00. The number of rotatable bonds is 2. The topological polar surface area (TPSA) is 66.5 Å². The van der Waals surface area contributed by atoms with Crippen molar-refractivity contribution in [3.05, 3.63) is 23.8 Å². The van der Waals surface area contributed by atoms with Gasteiger partial charge in [0.15, 0.2) is 0 Å². The van der Waals surface area contributed by atoms with Gasteiger partial charge in [-0.25, -0.2) is 0 Å². The minimum Gasteiger partial charge on any atom is -0.508 e. The summed E-state index contributed by atoms with van der Waals surface area (Å²) in [6, 6.07) is 4.22. The first-order chi connectivity index (χ1) is 6.02.